The maximum Gasteiger partial charge on any atom is 0.258 e. The quantitative estimate of drug-likeness (QED) is 0.707. The van der Waals surface area contributed by atoms with Gasteiger partial charge in [-0.3, -0.25) is 4.79 Å². The molecule has 0 radical (unpaired) electrons. The van der Waals surface area contributed by atoms with Crippen LogP contribution in [0.3, 0.4) is 0 Å². The first-order valence-corrected chi connectivity index (χ1v) is 8.34. The van der Waals surface area contributed by atoms with Crippen LogP contribution in [-0.4, -0.2) is 39.5 Å². The number of rotatable bonds is 6. The van der Waals surface area contributed by atoms with Gasteiger partial charge in [-0.25, -0.2) is 4.68 Å². The highest BCUT2D eigenvalue weighted by Crippen LogP contribution is 2.34. The fourth-order valence-electron chi connectivity index (χ4n) is 2.69. The molecule has 0 saturated carbocycles. The van der Waals surface area contributed by atoms with Crippen molar-refractivity contribution >= 4 is 5.91 Å². The topological polar surface area (TPSA) is 100 Å². The molecule has 1 aliphatic heterocycles. The number of hydrogen-bond acceptors (Lipinski definition) is 7. The zero-order valence-electron chi connectivity index (χ0n) is 14.5. The minimum Gasteiger partial charge on any atom is -0.484 e. The number of benzene rings is 2. The molecule has 4 rings (SSSR count). The Hall–Kier alpha value is -3.62. The summed E-state index contributed by atoms with van der Waals surface area (Å²) in [5.41, 5.74) is 1.67. The molecule has 0 fully saturated rings. The summed E-state index contributed by atoms with van der Waals surface area (Å²) in [6.45, 7) is 2.01. The van der Waals surface area contributed by atoms with E-state index in [1.165, 1.54) is 11.0 Å². The summed E-state index contributed by atoms with van der Waals surface area (Å²) in [5.74, 6) is 1.72. The van der Waals surface area contributed by atoms with Crippen molar-refractivity contribution in [2.24, 2.45) is 0 Å². The molecule has 0 unspecified atom stereocenters. The van der Waals surface area contributed by atoms with Gasteiger partial charge in [0.05, 0.1) is 11.7 Å². The standard InChI is InChI=1S/C18H17N5O4/c1-12(13-5-6-16-17(7-13)27-11-26-16)20-18(24)9-25-15-4-2-3-14(8-15)23-10-19-21-22-23/h2-8,10,12H,9,11H2,1H3,(H,20,24)/t12-/m1/s1. The highest BCUT2D eigenvalue weighted by Gasteiger charge is 2.17. The third-order valence-corrected chi connectivity index (χ3v) is 4.08. The van der Waals surface area contributed by atoms with Crippen molar-refractivity contribution < 1.29 is 19.0 Å². The van der Waals surface area contributed by atoms with Crippen LogP contribution in [0.15, 0.2) is 48.8 Å². The molecule has 1 amide bonds. The Kier molecular flexibility index (Phi) is 4.56. The summed E-state index contributed by atoms with van der Waals surface area (Å²) in [7, 11) is 0. The Morgan fingerprint density at radius 2 is 2.15 bits per heavy atom. The Labute approximate surface area is 154 Å². The van der Waals surface area contributed by atoms with Gasteiger partial charge in [0.15, 0.2) is 18.1 Å². The predicted molar refractivity (Wildman–Crippen MR) is 93.8 cm³/mol. The summed E-state index contributed by atoms with van der Waals surface area (Å²) >= 11 is 0. The van der Waals surface area contributed by atoms with Gasteiger partial charge in [0.25, 0.3) is 5.91 Å². The van der Waals surface area contributed by atoms with Gasteiger partial charge in [0.1, 0.15) is 12.1 Å². The van der Waals surface area contributed by atoms with E-state index in [0.717, 1.165) is 11.3 Å². The number of aromatic nitrogens is 4. The minimum absolute atomic E-state index is 0.103. The Morgan fingerprint density at radius 3 is 3.00 bits per heavy atom. The minimum atomic E-state index is -0.229. The number of hydrogen-bond donors (Lipinski definition) is 1. The van der Waals surface area contributed by atoms with Crippen LogP contribution < -0.4 is 19.5 Å². The van der Waals surface area contributed by atoms with Gasteiger partial charge in [-0.1, -0.05) is 12.1 Å². The summed E-state index contributed by atoms with van der Waals surface area (Å²) in [5, 5.41) is 13.9. The molecule has 138 valence electrons. The number of nitrogens with zero attached hydrogens (tertiary/aromatic N) is 4. The SMILES string of the molecule is C[C@@H](NC(=O)COc1cccc(-n2cnnn2)c1)c1ccc2c(c1)OCO2. The fourth-order valence-corrected chi connectivity index (χ4v) is 2.69. The van der Waals surface area contributed by atoms with Crippen LogP contribution >= 0.6 is 0 Å². The number of carbonyl (C=O) groups excluding carboxylic acids is 1. The van der Waals surface area contributed by atoms with Crippen molar-refractivity contribution in [1.29, 1.82) is 0 Å². The maximum absolute atomic E-state index is 12.2. The summed E-state index contributed by atoms with van der Waals surface area (Å²) in [6.07, 6.45) is 1.48. The zero-order valence-corrected chi connectivity index (χ0v) is 14.5. The lowest BCUT2D eigenvalue weighted by Gasteiger charge is -2.15. The number of tetrazole rings is 1. The second kappa shape index (κ2) is 7.32. The van der Waals surface area contributed by atoms with Crippen LogP contribution in [0.1, 0.15) is 18.5 Å². The molecule has 0 spiro atoms. The molecule has 0 aliphatic carbocycles. The molecular weight excluding hydrogens is 350 g/mol. The van der Waals surface area contributed by atoms with Gasteiger partial charge in [0.2, 0.25) is 6.79 Å². The van der Waals surface area contributed by atoms with Crippen molar-refractivity contribution in [2.75, 3.05) is 13.4 Å². The third-order valence-electron chi connectivity index (χ3n) is 4.08. The third kappa shape index (κ3) is 3.81. The highest BCUT2D eigenvalue weighted by molar-refractivity contribution is 5.78. The van der Waals surface area contributed by atoms with Gasteiger partial charge in [0, 0.05) is 6.07 Å². The summed E-state index contributed by atoms with van der Waals surface area (Å²) < 4.78 is 17.7. The molecule has 0 bridgehead atoms. The molecule has 1 aliphatic rings. The van der Waals surface area contributed by atoms with Crippen molar-refractivity contribution in [3.05, 3.63) is 54.4 Å². The average molecular weight is 367 g/mol. The van der Waals surface area contributed by atoms with Crippen LogP contribution in [0, 0.1) is 0 Å². The van der Waals surface area contributed by atoms with E-state index in [1.807, 2.05) is 31.2 Å². The largest absolute Gasteiger partial charge is 0.484 e. The first-order valence-electron chi connectivity index (χ1n) is 8.34. The maximum atomic E-state index is 12.2. The first kappa shape index (κ1) is 16.8. The van der Waals surface area contributed by atoms with Crippen molar-refractivity contribution in [1.82, 2.24) is 25.5 Å². The molecule has 1 aromatic heterocycles. The van der Waals surface area contributed by atoms with E-state index in [4.69, 9.17) is 14.2 Å². The molecule has 2 aromatic carbocycles. The predicted octanol–water partition coefficient (Wildman–Crippen LogP) is 1.65. The van der Waals surface area contributed by atoms with Crippen LogP contribution in [0.5, 0.6) is 17.2 Å². The van der Waals surface area contributed by atoms with E-state index in [-0.39, 0.29) is 25.3 Å². The molecular formula is C18H17N5O4. The molecule has 27 heavy (non-hydrogen) atoms. The molecule has 1 N–H and O–H groups in total. The number of nitrogens with one attached hydrogen (secondary N) is 1. The van der Waals surface area contributed by atoms with Gasteiger partial charge < -0.3 is 19.5 Å². The zero-order chi connectivity index (χ0) is 18.6. The normalized spacial score (nSPS) is 13.2. The highest BCUT2D eigenvalue weighted by atomic mass is 16.7. The first-order chi connectivity index (χ1) is 13.2. The Bertz CT molecular complexity index is 945. The number of amides is 1. The van der Waals surface area contributed by atoms with Gasteiger partial charge >= 0.3 is 0 Å². The number of ether oxygens (including phenoxy) is 3. The average Bonchev–Trinajstić information content (AvgIpc) is 3.37. The van der Waals surface area contributed by atoms with Crippen molar-refractivity contribution in [3.8, 4) is 22.9 Å². The lowest BCUT2D eigenvalue weighted by Crippen LogP contribution is -2.31. The van der Waals surface area contributed by atoms with E-state index < -0.39 is 0 Å². The van der Waals surface area contributed by atoms with Gasteiger partial charge in [-0.2, -0.15) is 0 Å². The smallest absolute Gasteiger partial charge is 0.258 e. The van der Waals surface area contributed by atoms with Crippen molar-refractivity contribution in [3.63, 3.8) is 0 Å². The molecule has 9 heteroatoms. The van der Waals surface area contributed by atoms with E-state index in [0.29, 0.717) is 17.2 Å². The van der Waals surface area contributed by atoms with E-state index in [1.54, 1.807) is 18.2 Å². The van der Waals surface area contributed by atoms with Crippen LogP contribution in [0.25, 0.3) is 5.69 Å². The van der Waals surface area contributed by atoms with Crippen LogP contribution in [0.2, 0.25) is 0 Å². The Balaban J connectivity index is 1.34. The second-order valence-corrected chi connectivity index (χ2v) is 5.94. The monoisotopic (exact) mass is 367 g/mol. The summed E-state index contributed by atoms with van der Waals surface area (Å²) in [6, 6.07) is 12.6. The summed E-state index contributed by atoms with van der Waals surface area (Å²) in [4.78, 5) is 12.2. The van der Waals surface area contributed by atoms with E-state index in [2.05, 4.69) is 20.8 Å². The molecule has 9 nitrogen and oxygen atoms in total. The lowest BCUT2D eigenvalue weighted by atomic mass is 10.1. The number of fused-ring (bicyclic) bond motifs is 1. The molecule has 0 saturated heterocycles. The molecule has 2 heterocycles. The van der Waals surface area contributed by atoms with Gasteiger partial charge in [-0.05, 0) is 47.2 Å². The van der Waals surface area contributed by atoms with Crippen LogP contribution in [-0.2, 0) is 4.79 Å². The molecule has 3 aromatic rings. The van der Waals surface area contributed by atoms with E-state index in [9.17, 15) is 4.79 Å². The second-order valence-electron chi connectivity index (χ2n) is 5.94. The van der Waals surface area contributed by atoms with Crippen LogP contribution in [0.4, 0.5) is 0 Å². The van der Waals surface area contributed by atoms with Crippen molar-refractivity contribution in [2.45, 2.75) is 13.0 Å². The number of carbonyl (C=O) groups is 1. The Morgan fingerprint density at radius 1 is 1.26 bits per heavy atom. The fraction of sp³-hybridized carbons (Fsp3) is 0.222. The molecule has 1 atom stereocenters. The van der Waals surface area contributed by atoms with E-state index >= 15 is 0 Å². The lowest BCUT2D eigenvalue weighted by molar-refractivity contribution is -0.123. The van der Waals surface area contributed by atoms with Gasteiger partial charge in [-0.15, -0.1) is 5.10 Å².